The molecule has 5 atom stereocenters. The lowest BCUT2D eigenvalue weighted by Gasteiger charge is -2.40. The molecule has 2 saturated heterocycles. The second-order valence-electron chi connectivity index (χ2n) is 9.08. The molecule has 0 aliphatic carbocycles. The van der Waals surface area contributed by atoms with E-state index < -0.39 is 52.2 Å². The summed E-state index contributed by atoms with van der Waals surface area (Å²) in [6.45, 7) is 3.17. The Bertz CT molecular complexity index is 1270. The van der Waals surface area contributed by atoms with Gasteiger partial charge in [-0.15, -0.1) is 0 Å². The minimum atomic E-state index is -4.50. The maximum atomic E-state index is 12.9. The lowest BCUT2D eigenvalue weighted by molar-refractivity contribution is -0.251. The summed E-state index contributed by atoms with van der Waals surface area (Å²) in [6, 6.07) is 11.3. The Kier molecular flexibility index (Phi) is 7.93. The molecule has 2 aromatic rings. The molecule has 2 heterocycles. The first-order chi connectivity index (χ1) is 17.1. The van der Waals surface area contributed by atoms with Gasteiger partial charge in [-0.2, -0.15) is 9.98 Å². The van der Waals surface area contributed by atoms with Crippen LogP contribution in [0.4, 0.5) is 5.69 Å². The van der Waals surface area contributed by atoms with Gasteiger partial charge in [-0.3, -0.25) is 0 Å². The number of hydrogen-bond acceptors (Lipinski definition) is 10. The molecular formula is C24H30N4O7S. The van der Waals surface area contributed by atoms with Crippen molar-refractivity contribution in [2.24, 2.45) is 0 Å². The molecule has 0 spiro atoms. The van der Waals surface area contributed by atoms with Gasteiger partial charge < -0.3 is 35.0 Å². The standard InChI is InChI=1S/C24H30N4O7S/c1-27-6-8-28(9-7-27)18-5-4-16-10-15(2-3-17(16)12-18)11-19(13-25)36(33,34)26-21-23(31)22(30)20(14-29)35-24(21)32/h2-5,10-12,20-24,26,29-32H,6-9,14H2,1H3/b19-11+/t20-,21-,22-,23-,24?/m1/s1. The first-order valence-corrected chi connectivity index (χ1v) is 13.0. The highest BCUT2D eigenvalue weighted by Crippen LogP contribution is 2.26. The molecule has 0 radical (unpaired) electrons. The maximum Gasteiger partial charge on any atom is 0.251 e. The number of rotatable bonds is 6. The molecule has 0 saturated carbocycles. The number of likely N-dealkylation sites (N-methyl/N-ethyl adjacent to an activating group) is 1. The third-order valence-corrected chi connectivity index (χ3v) is 7.98. The molecule has 2 aromatic carbocycles. The van der Waals surface area contributed by atoms with Gasteiger partial charge in [0.25, 0.3) is 10.0 Å². The minimum absolute atomic E-state index is 0.471. The van der Waals surface area contributed by atoms with Crippen LogP contribution in [0, 0.1) is 11.3 Å². The Morgan fingerprint density at radius 3 is 2.44 bits per heavy atom. The third kappa shape index (κ3) is 5.54. The molecule has 194 valence electrons. The van der Waals surface area contributed by atoms with Gasteiger partial charge in [0.05, 0.1) is 6.61 Å². The van der Waals surface area contributed by atoms with E-state index in [1.807, 2.05) is 22.9 Å². The molecule has 2 fully saturated rings. The molecule has 0 amide bonds. The summed E-state index contributed by atoms with van der Waals surface area (Å²) >= 11 is 0. The van der Waals surface area contributed by atoms with E-state index in [4.69, 9.17) is 4.74 Å². The number of allylic oxidation sites excluding steroid dienone is 1. The smallest absolute Gasteiger partial charge is 0.251 e. The van der Waals surface area contributed by atoms with Crippen LogP contribution in [-0.2, 0) is 14.8 Å². The van der Waals surface area contributed by atoms with Gasteiger partial charge in [-0.1, -0.05) is 18.2 Å². The summed E-state index contributed by atoms with van der Waals surface area (Å²) < 4.78 is 32.7. The van der Waals surface area contributed by atoms with Gasteiger partial charge >= 0.3 is 0 Å². The van der Waals surface area contributed by atoms with Crippen LogP contribution in [0.1, 0.15) is 5.56 Å². The number of fused-ring (bicyclic) bond motifs is 1. The van der Waals surface area contributed by atoms with Crippen LogP contribution in [0.3, 0.4) is 0 Å². The van der Waals surface area contributed by atoms with E-state index in [0.717, 1.165) is 42.6 Å². The van der Waals surface area contributed by atoms with Gasteiger partial charge in [-0.05, 0) is 47.7 Å². The Hall–Kier alpha value is -2.60. The summed E-state index contributed by atoms with van der Waals surface area (Å²) in [6.07, 6.45) is -5.35. The van der Waals surface area contributed by atoms with E-state index in [0.29, 0.717) is 5.56 Å². The van der Waals surface area contributed by atoms with E-state index >= 15 is 0 Å². The van der Waals surface area contributed by atoms with Crippen LogP contribution in [0.15, 0.2) is 41.3 Å². The van der Waals surface area contributed by atoms with Crippen LogP contribution in [0.5, 0.6) is 0 Å². The van der Waals surface area contributed by atoms with Crippen molar-refractivity contribution in [3.8, 4) is 6.07 Å². The van der Waals surface area contributed by atoms with Crippen molar-refractivity contribution in [3.05, 3.63) is 46.9 Å². The normalized spacial score (nSPS) is 28.3. The molecule has 11 nitrogen and oxygen atoms in total. The number of hydrogen-bond donors (Lipinski definition) is 5. The first kappa shape index (κ1) is 26.5. The molecule has 0 aromatic heterocycles. The fraction of sp³-hybridized carbons (Fsp3) is 0.458. The van der Waals surface area contributed by atoms with Crippen molar-refractivity contribution in [2.75, 3.05) is 44.7 Å². The van der Waals surface area contributed by atoms with E-state index in [-0.39, 0.29) is 0 Å². The molecule has 36 heavy (non-hydrogen) atoms. The zero-order valence-corrected chi connectivity index (χ0v) is 20.5. The molecule has 2 aliphatic rings. The highest BCUT2D eigenvalue weighted by atomic mass is 32.2. The SMILES string of the molecule is CN1CCN(c2ccc3cc(/C=C(\C#N)S(=O)(=O)N[C@H]4C(O)O[C@H](CO)[C@@H](O)[C@@H]4O)ccc3c2)CC1. The number of nitriles is 1. The quantitative estimate of drug-likeness (QED) is 0.305. The third-order valence-electron chi connectivity index (χ3n) is 6.61. The monoisotopic (exact) mass is 518 g/mol. The van der Waals surface area contributed by atoms with Gasteiger partial charge in [0.15, 0.2) is 11.2 Å². The minimum Gasteiger partial charge on any atom is -0.394 e. The second-order valence-corrected chi connectivity index (χ2v) is 10.8. The lowest BCUT2D eigenvalue weighted by Crippen LogP contribution is -2.64. The number of aliphatic hydroxyl groups excluding tert-OH is 4. The van der Waals surface area contributed by atoms with Crippen molar-refractivity contribution < 1.29 is 33.6 Å². The number of nitrogens with zero attached hydrogens (tertiary/aromatic N) is 3. The van der Waals surface area contributed by atoms with Gasteiger partial charge in [0.1, 0.15) is 30.4 Å². The van der Waals surface area contributed by atoms with Gasteiger partial charge in [-0.25, -0.2) is 8.42 Å². The Morgan fingerprint density at radius 2 is 1.78 bits per heavy atom. The average molecular weight is 519 g/mol. The fourth-order valence-corrected chi connectivity index (χ4v) is 5.54. The maximum absolute atomic E-state index is 12.9. The number of anilines is 1. The largest absolute Gasteiger partial charge is 0.394 e. The van der Waals surface area contributed by atoms with E-state index in [1.165, 1.54) is 6.08 Å². The topological polar surface area (TPSA) is 167 Å². The predicted octanol–water partition coefficient (Wildman–Crippen LogP) is -0.825. The highest BCUT2D eigenvalue weighted by molar-refractivity contribution is 7.93. The van der Waals surface area contributed by atoms with E-state index in [9.17, 15) is 34.1 Å². The highest BCUT2D eigenvalue weighted by Gasteiger charge is 2.45. The molecule has 2 aliphatic heterocycles. The Balaban J connectivity index is 1.54. The Labute approximate surface area is 209 Å². The first-order valence-electron chi connectivity index (χ1n) is 11.5. The number of ether oxygens (including phenoxy) is 1. The number of aliphatic hydroxyl groups is 4. The molecule has 1 unspecified atom stereocenters. The zero-order valence-electron chi connectivity index (χ0n) is 19.7. The summed E-state index contributed by atoms with van der Waals surface area (Å²) in [7, 11) is -2.40. The number of nitrogens with one attached hydrogen (secondary N) is 1. The fourth-order valence-electron chi connectivity index (χ4n) is 4.39. The van der Waals surface area contributed by atoms with Crippen molar-refractivity contribution in [2.45, 2.75) is 30.6 Å². The van der Waals surface area contributed by atoms with Crippen LogP contribution >= 0.6 is 0 Å². The van der Waals surface area contributed by atoms with E-state index in [2.05, 4.69) is 22.9 Å². The molecule has 12 heteroatoms. The lowest BCUT2D eigenvalue weighted by atomic mass is 9.98. The van der Waals surface area contributed by atoms with Crippen molar-refractivity contribution >= 4 is 32.6 Å². The molecule has 0 bridgehead atoms. The number of sulfonamides is 1. The summed E-state index contributed by atoms with van der Waals surface area (Å²) in [4.78, 5) is 3.95. The van der Waals surface area contributed by atoms with Gasteiger partial charge in [0, 0.05) is 31.9 Å². The van der Waals surface area contributed by atoms with Crippen LogP contribution in [0.25, 0.3) is 16.8 Å². The van der Waals surface area contributed by atoms with Crippen LogP contribution in [-0.4, -0.2) is 104 Å². The predicted molar refractivity (Wildman–Crippen MR) is 133 cm³/mol. The number of benzene rings is 2. The van der Waals surface area contributed by atoms with Gasteiger partial charge in [0.2, 0.25) is 0 Å². The summed E-state index contributed by atoms with van der Waals surface area (Å²) in [5.41, 5.74) is 1.58. The summed E-state index contributed by atoms with van der Waals surface area (Å²) in [5, 5.41) is 50.9. The summed E-state index contributed by atoms with van der Waals surface area (Å²) in [5.74, 6) is 0. The van der Waals surface area contributed by atoms with Crippen LogP contribution in [0.2, 0.25) is 0 Å². The zero-order chi connectivity index (χ0) is 26.0. The molecular weight excluding hydrogens is 488 g/mol. The van der Waals surface area contributed by atoms with E-state index in [1.54, 1.807) is 18.2 Å². The Morgan fingerprint density at radius 1 is 1.11 bits per heavy atom. The average Bonchev–Trinajstić information content (AvgIpc) is 2.87. The molecule has 4 rings (SSSR count). The second kappa shape index (κ2) is 10.8. The van der Waals surface area contributed by atoms with Crippen molar-refractivity contribution in [1.82, 2.24) is 9.62 Å². The molecule has 5 N–H and O–H groups in total. The van der Waals surface area contributed by atoms with Crippen molar-refractivity contribution in [3.63, 3.8) is 0 Å². The van der Waals surface area contributed by atoms with Crippen LogP contribution < -0.4 is 9.62 Å². The van der Waals surface area contributed by atoms with Crippen molar-refractivity contribution in [1.29, 1.82) is 5.26 Å². The number of piperazine rings is 1.